The van der Waals surface area contributed by atoms with E-state index in [0.717, 1.165) is 44.2 Å². The van der Waals surface area contributed by atoms with Crippen molar-refractivity contribution < 1.29 is 9.53 Å². The molecule has 1 N–H and O–H groups in total. The number of hydrogen-bond donors (Lipinski definition) is 1. The van der Waals surface area contributed by atoms with Gasteiger partial charge in [0.25, 0.3) is 0 Å². The Hall–Kier alpha value is -1.75. The molecule has 116 valence electrons. The standard InChI is InChI=1S/C16H25N3O2/c1-3-17-13-16(20)19-11-9-18(10-12-19)14-7-5-6-8-15(14)21-4-2/h5-8,17H,3-4,9-13H2,1-2H3. The van der Waals surface area contributed by atoms with E-state index in [1.807, 2.05) is 36.9 Å². The first-order valence-electron chi connectivity index (χ1n) is 7.71. The number of piperazine rings is 1. The Labute approximate surface area is 126 Å². The molecule has 1 heterocycles. The minimum Gasteiger partial charge on any atom is -0.492 e. The molecule has 0 radical (unpaired) electrons. The highest BCUT2D eigenvalue weighted by Crippen LogP contribution is 2.28. The van der Waals surface area contributed by atoms with E-state index in [2.05, 4.69) is 16.3 Å². The van der Waals surface area contributed by atoms with Crippen molar-refractivity contribution in [2.75, 3.05) is 50.8 Å². The third-order valence-electron chi connectivity index (χ3n) is 3.66. The quantitative estimate of drug-likeness (QED) is 0.859. The second-order valence-corrected chi connectivity index (χ2v) is 5.05. The van der Waals surface area contributed by atoms with Crippen LogP contribution in [0, 0.1) is 0 Å². The molecule has 0 aromatic heterocycles. The Morgan fingerprint density at radius 2 is 1.90 bits per heavy atom. The SMILES string of the molecule is CCNCC(=O)N1CCN(c2ccccc2OCC)CC1. The molecular formula is C16H25N3O2. The first-order chi connectivity index (χ1) is 10.3. The van der Waals surface area contributed by atoms with Crippen molar-refractivity contribution in [1.82, 2.24) is 10.2 Å². The van der Waals surface area contributed by atoms with Gasteiger partial charge in [0.2, 0.25) is 5.91 Å². The highest BCUT2D eigenvalue weighted by molar-refractivity contribution is 5.78. The number of carbonyl (C=O) groups is 1. The molecule has 1 aromatic carbocycles. The Morgan fingerprint density at radius 1 is 1.19 bits per heavy atom. The fraction of sp³-hybridized carbons (Fsp3) is 0.562. The van der Waals surface area contributed by atoms with Crippen LogP contribution in [0.4, 0.5) is 5.69 Å². The van der Waals surface area contributed by atoms with Crippen molar-refractivity contribution in [2.24, 2.45) is 0 Å². The van der Waals surface area contributed by atoms with Crippen LogP contribution in [0.25, 0.3) is 0 Å². The fourth-order valence-corrected chi connectivity index (χ4v) is 2.54. The molecule has 5 heteroatoms. The molecule has 0 aliphatic carbocycles. The summed E-state index contributed by atoms with van der Waals surface area (Å²) < 4.78 is 5.69. The van der Waals surface area contributed by atoms with Gasteiger partial charge >= 0.3 is 0 Å². The largest absolute Gasteiger partial charge is 0.492 e. The van der Waals surface area contributed by atoms with Crippen LogP contribution in [0.3, 0.4) is 0 Å². The van der Waals surface area contributed by atoms with Gasteiger partial charge in [-0.1, -0.05) is 19.1 Å². The maximum Gasteiger partial charge on any atom is 0.236 e. The van der Waals surface area contributed by atoms with E-state index in [4.69, 9.17) is 4.74 Å². The molecule has 1 saturated heterocycles. The third-order valence-corrected chi connectivity index (χ3v) is 3.66. The van der Waals surface area contributed by atoms with Gasteiger partial charge in [-0.2, -0.15) is 0 Å². The summed E-state index contributed by atoms with van der Waals surface area (Å²) in [7, 11) is 0. The van der Waals surface area contributed by atoms with Crippen LogP contribution in [0.2, 0.25) is 0 Å². The van der Waals surface area contributed by atoms with Crippen molar-refractivity contribution in [3.8, 4) is 5.75 Å². The van der Waals surface area contributed by atoms with Crippen LogP contribution in [-0.4, -0.2) is 56.7 Å². The average Bonchev–Trinajstić information content (AvgIpc) is 2.53. The lowest BCUT2D eigenvalue weighted by Crippen LogP contribution is -2.50. The molecule has 5 nitrogen and oxygen atoms in total. The number of nitrogens with one attached hydrogen (secondary N) is 1. The van der Waals surface area contributed by atoms with Gasteiger partial charge in [-0.3, -0.25) is 4.79 Å². The van der Waals surface area contributed by atoms with Crippen LogP contribution < -0.4 is 15.0 Å². The van der Waals surface area contributed by atoms with E-state index < -0.39 is 0 Å². The van der Waals surface area contributed by atoms with Gasteiger partial charge in [-0.15, -0.1) is 0 Å². The lowest BCUT2D eigenvalue weighted by Gasteiger charge is -2.36. The number of carbonyl (C=O) groups excluding carboxylic acids is 1. The number of hydrogen-bond acceptors (Lipinski definition) is 4. The summed E-state index contributed by atoms with van der Waals surface area (Å²) in [6.07, 6.45) is 0. The van der Waals surface area contributed by atoms with Gasteiger partial charge in [-0.25, -0.2) is 0 Å². The number of nitrogens with zero attached hydrogens (tertiary/aromatic N) is 2. The Morgan fingerprint density at radius 3 is 2.57 bits per heavy atom. The predicted molar refractivity (Wildman–Crippen MR) is 84.9 cm³/mol. The molecule has 1 aliphatic rings. The number of rotatable bonds is 6. The number of ether oxygens (including phenoxy) is 1. The molecule has 0 spiro atoms. The highest BCUT2D eigenvalue weighted by Gasteiger charge is 2.22. The molecule has 0 unspecified atom stereocenters. The Bertz CT molecular complexity index is 457. The summed E-state index contributed by atoms with van der Waals surface area (Å²) in [6.45, 7) is 9.17. The van der Waals surface area contributed by atoms with E-state index >= 15 is 0 Å². The van der Waals surface area contributed by atoms with Crippen LogP contribution in [-0.2, 0) is 4.79 Å². The second-order valence-electron chi connectivity index (χ2n) is 5.05. The maximum absolute atomic E-state index is 12.0. The monoisotopic (exact) mass is 291 g/mol. The number of para-hydroxylation sites is 2. The van der Waals surface area contributed by atoms with E-state index in [9.17, 15) is 4.79 Å². The predicted octanol–water partition coefficient (Wildman–Crippen LogP) is 1.34. The number of anilines is 1. The minimum atomic E-state index is 0.189. The van der Waals surface area contributed by atoms with Crippen molar-refractivity contribution >= 4 is 11.6 Å². The molecule has 21 heavy (non-hydrogen) atoms. The van der Waals surface area contributed by atoms with Crippen molar-refractivity contribution in [3.05, 3.63) is 24.3 Å². The summed E-state index contributed by atoms with van der Waals surface area (Å²) >= 11 is 0. The summed E-state index contributed by atoms with van der Waals surface area (Å²) in [5.41, 5.74) is 1.12. The zero-order valence-corrected chi connectivity index (χ0v) is 13.0. The van der Waals surface area contributed by atoms with Crippen LogP contribution in [0.1, 0.15) is 13.8 Å². The van der Waals surface area contributed by atoms with E-state index in [1.54, 1.807) is 0 Å². The molecule has 1 aliphatic heterocycles. The number of amides is 1. The summed E-state index contributed by atoms with van der Waals surface area (Å²) in [4.78, 5) is 16.2. The zero-order valence-electron chi connectivity index (χ0n) is 13.0. The van der Waals surface area contributed by atoms with Gasteiger partial charge in [0.05, 0.1) is 18.8 Å². The smallest absolute Gasteiger partial charge is 0.236 e. The average molecular weight is 291 g/mol. The van der Waals surface area contributed by atoms with E-state index in [-0.39, 0.29) is 5.91 Å². The van der Waals surface area contributed by atoms with Crippen LogP contribution >= 0.6 is 0 Å². The summed E-state index contributed by atoms with van der Waals surface area (Å²) in [5, 5.41) is 3.09. The summed E-state index contributed by atoms with van der Waals surface area (Å²) in [6, 6.07) is 8.11. The zero-order chi connectivity index (χ0) is 15.1. The third kappa shape index (κ3) is 4.11. The lowest BCUT2D eigenvalue weighted by molar-refractivity contribution is -0.130. The fourth-order valence-electron chi connectivity index (χ4n) is 2.54. The molecule has 2 rings (SSSR count). The topological polar surface area (TPSA) is 44.8 Å². The van der Waals surface area contributed by atoms with Gasteiger partial charge in [0.1, 0.15) is 5.75 Å². The Balaban J connectivity index is 1.93. The van der Waals surface area contributed by atoms with Gasteiger partial charge in [-0.05, 0) is 25.6 Å². The first-order valence-corrected chi connectivity index (χ1v) is 7.71. The second kappa shape index (κ2) is 7.88. The molecule has 0 bridgehead atoms. The molecule has 1 amide bonds. The van der Waals surface area contributed by atoms with E-state index in [0.29, 0.717) is 13.2 Å². The molecule has 0 atom stereocenters. The van der Waals surface area contributed by atoms with Crippen LogP contribution in [0.5, 0.6) is 5.75 Å². The first kappa shape index (κ1) is 15.6. The highest BCUT2D eigenvalue weighted by atomic mass is 16.5. The van der Waals surface area contributed by atoms with Crippen molar-refractivity contribution in [1.29, 1.82) is 0 Å². The molecule has 0 saturated carbocycles. The van der Waals surface area contributed by atoms with Gasteiger partial charge in [0.15, 0.2) is 0 Å². The van der Waals surface area contributed by atoms with Gasteiger partial charge in [0, 0.05) is 26.2 Å². The lowest BCUT2D eigenvalue weighted by atomic mass is 10.2. The maximum atomic E-state index is 12.0. The van der Waals surface area contributed by atoms with Crippen molar-refractivity contribution in [3.63, 3.8) is 0 Å². The number of likely N-dealkylation sites (N-methyl/N-ethyl adjacent to an activating group) is 1. The molecular weight excluding hydrogens is 266 g/mol. The van der Waals surface area contributed by atoms with Gasteiger partial charge < -0.3 is 19.9 Å². The number of benzene rings is 1. The molecule has 1 aromatic rings. The molecule has 1 fully saturated rings. The minimum absolute atomic E-state index is 0.189. The summed E-state index contributed by atoms with van der Waals surface area (Å²) in [5.74, 6) is 1.11. The Kier molecular flexibility index (Phi) is 5.87. The normalized spacial score (nSPS) is 15.1. The van der Waals surface area contributed by atoms with E-state index in [1.165, 1.54) is 0 Å². The van der Waals surface area contributed by atoms with Crippen LogP contribution in [0.15, 0.2) is 24.3 Å². The van der Waals surface area contributed by atoms with Crippen molar-refractivity contribution in [2.45, 2.75) is 13.8 Å².